The van der Waals surface area contributed by atoms with E-state index in [0.717, 1.165) is 7.05 Å². The molecule has 0 bridgehead atoms. The number of aliphatic hydroxyl groups is 4. The third-order valence-electron chi connectivity index (χ3n) is 2.30. The van der Waals surface area contributed by atoms with Gasteiger partial charge in [-0.25, -0.2) is 0 Å². The summed E-state index contributed by atoms with van der Waals surface area (Å²) in [5, 5.41) is 37.6. The fourth-order valence-corrected chi connectivity index (χ4v) is 2.86. The minimum absolute atomic E-state index is 0.498. The molecule has 19 heavy (non-hydrogen) atoms. The van der Waals surface area contributed by atoms with Crippen LogP contribution in [0, 0.1) is 0 Å². The Hall–Kier alpha value is -0.0200. The van der Waals surface area contributed by atoms with Gasteiger partial charge >= 0.3 is 10.4 Å². The first-order valence-corrected chi connectivity index (χ1v) is 7.24. The highest BCUT2D eigenvalue weighted by Gasteiger charge is 2.44. The summed E-state index contributed by atoms with van der Waals surface area (Å²) >= 11 is 0.498. The molecule has 0 radical (unpaired) electrons. The van der Waals surface area contributed by atoms with Gasteiger partial charge in [-0.05, 0) is 11.9 Å². The van der Waals surface area contributed by atoms with Crippen molar-refractivity contribution in [3.63, 3.8) is 0 Å². The minimum atomic E-state index is -4.73. The molecule has 114 valence electrons. The average molecular weight is 321 g/mol. The lowest BCUT2D eigenvalue weighted by Gasteiger charge is -2.40. The molecule has 1 fully saturated rings. The second kappa shape index (κ2) is 6.62. The molecule has 0 spiro atoms. The number of nitrogens with zero attached hydrogens (tertiary/aromatic N) is 1. The summed E-state index contributed by atoms with van der Waals surface area (Å²) in [6.07, 6.45) is -5.75. The lowest BCUT2D eigenvalue weighted by molar-refractivity contribution is -0.206. The lowest BCUT2D eigenvalue weighted by Crippen LogP contribution is -2.58. The quantitative estimate of drug-likeness (QED) is 0.201. The Morgan fingerprint density at radius 1 is 1.26 bits per heavy atom. The van der Waals surface area contributed by atoms with Gasteiger partial charge in [-0.3, -0.25) is 4.55 Å². The maximum absolute atomic E-state index is 10.4. The van der Waals surface area contributed by atoms with Crippen molar-refractivity contribution in [2.75, 3.05) is 13.7 Å². The van der Waals surface area contributed by atoms with Gasteiger partial charge in [0.25, 0.3) is 0 Å². The SMILES string of the molecule is CN(OS(=O)(=O)O)SC1OC(CO)C(O)C(O)C1O. The molecule has 12 heteroatoms. The summed E-state index contributed by atoms with van der Waals surface area (Å²) in [5.41, 5.74) is -1.21. The first kappa shape index (κ1) is 17.0. The summed E-state index contributed by atoms with van der Waals surface area (Å²) in [4.78, 5) is 0. The fourth-order valence-electron chi connectivity index (χ4n) is 1.45. The zero-order valence-electron chi connectivity index (χ0n) is 9.73. The predicted octanol–water partition coefficient (Wildman–Crippen LogP) is -2.90. The van der Waals surface area contributed by atoms with Gasteiger partial charge in [0.15, 0.2) is 0 Å². The summed E-state index contributed by atoms with van der Waals surface area (Å²) in [6.45, 7) is -0.606. The number of aliphatic hydroxyl groups excluding tert-OH is 4. The van der Waals surface area contributed by atoms with E-state index in [4.69, 9.17) is 14.4 Å². The van der Waals surface area contributed by atoms with Gasteiger partial charge in [0.05, 0.1) is 6.61 Å². The molecule has 1 aliphatic heterocycles. The second-order valence-electron chi connectivity index (χ2n) is 3.74. The van der Waals surface area contributed by atoms with Crippen molar-refractivity contribution in [2.45, 2.75) is 29.9 Å². The van der Waals surface area contributed by atoms with E-state index < -0.39 is 46.9 Å². The molecule has 5 unspecified atom stereocenters. The molecule has 1 rings (SSSR count). The first-order valence-electron chi connectivity index (χ1n) is 5.03. The Morgan fingerprint density at radius 2 is 1.84 bits per heavy atom. The Bertz CT molecular complexity index is 388. The molecule has 1 saturated heterocycles. The molecule has 0 saturated carbocycles. The second-order valence-corrected chi connectivity index (χ2v) is 5.94. The number of hydrogen-bond acceptors (Lipinski definition) is 10. The topological polar surface area (TPSA) is 157 Å². The third kappa shape index (κ3) is 4.78. The molecule has 0 aromatic rings. The maximum atomic E-state index is 10.4. The van der Waals surface area contributed by atoms with Crippen molar-refractivity contribution >= 4 is 22.3 Å². The van der Waals surface area contributed by atoms with E-state index in [1.807, 2.05) is 0 Å². The molecule has 5 N–H and O–H groups in total. The highest BCUT2D eigenvalue weighted by atomic mass is 32.3. The van der Waals surface area contributed by atoms with Crippen LogP contribution in [0.25, 0.3) is 0 Å². The molecule has 0 aromatic carbocycles. The summed E-state index contributed by atoms with van der Waals surface area (Å²) in [6, 6.07) is 0. The smallest absolute Gasteiger partial charge is 0.394 e. The Labute approximate surface area is 113 Å². The van der Waals surface area contributed by atoms with Gasteiger partial charge in [0.2, 0.25) is 0 Å². The van der Waals surface area contributed by atoms with Gasteiger partial charge in [0, 0.05) is 7.05 Å². The van der Waals surface area contributed by atoms with Crippen LogP contribution in [0.1, 0.15) is 0 Å². The van der Waals surface area contributed by atoms with Gasteiger partial charge in [-0.2, -0.15) is 8.42 Å². The van der Waals surface area contributed by atoms with Crippen LogP contribution in [0.4, 0.5) is 0 Å². The molecule has 5 atom stereocenters. The monoisotopic (exact) mass is 321 g/mol. The Morgan fingerprint density at radius 3 is 2.32 bits per heavy atom. The standard InChI is InChI=1S/C7H15NO9S2/c1-8(17-19(13,14)15)18-7-6(12)5(11)4(10)3(2-9)16-7/h3-7,9-12H,2H2,1H3,(H,13,14,15). The number of hydroxylamine groups is 1. The summed E-state index contributed by atoms with van der Waals surface area (Å²) in [5.74, 6) is 0. The van der Waals surface area contributed by atoms with E-state index in [1.165, 1.54) is 0 Å². The zero-order valence-corrected chi connectivity index (χ0v) is 11.4. The molecule has 0 aliphatic carbocycles. The molecule has 0 amide bonds. The zero-order chi connectivity index (χ0) is 14.8. The average Bonchev–Trinajstić information content (AvgIpc) is 2.27. The van der Waals surface area contributed by atoms with Crippen LogP contribution < -0.4 is 0 Å². The van der Waals surface area contributed by atoms with E-state index in [1.54, 1.807) is 0 Å². The molecule has 10 nitrogen and oxygen atoms in total. The number of rotatable bonds is 5. The van der Waals surface area contributed by atoms with Gasteiger partial charge in [-0.15, -0.1) is 8.75 Å². The molecular weight excluding hydrogens is 306 g/mol. The predicted molar refractivity (Wildman–Crippen MR) is 61.8 cm³/mol. The van der Waals surface area contributed by atoms with Gasteiger partial charge < -0.3 is 25.2 Å². The largest absolute Gasteiger partial charge is 0.414 e. The number of ether oxygens (including phenoxy) is 1. The van der Waals surface area contributed by atoms with Gasteiger partial charge in [-0.1, -0.05) is 0 Å². The van der Waals surface area contributed by atoms with Crippen molar-refractivity contribution in [3.05, 3.63) is 0 Å². The Balaban J connectivity index is 2.66. The van der Waals surface area contributed by atoms with Crippen LogP contribution in [-0.2, 0) is 19.4 Å². The highest BCUT2D eigenvalue weighted by molar-refractivity contribution is 7.97. The highest BCUT2D eigenvalue weighted by Crippen LogP contribution is 2.30. The van der Waals surface area contributed by atoms with Crippen molar-refractivity contribution in [1.29, 1.82) is 0 Å². The van der Waals surface area contributed by atoms with Gasteiger partial charge in [0.1, 0.15) is 29.9 Å². The normalized spacial score (nSPS) is 36.7. The van der Waals surface area contributed by atoms with Crippen molar-refractivity contribution in [3.8, 4) is 0 Å². The van der Waals surface area contributed by atoms with Crippen molar-refractivity contribution < 1.29 is 42.4 Å². The van der Waals surface area contributed by atoms with Crippen LogP contribution in [0.2, 0.25) is 0 Å². The molecule has 0 aromatic heterocycles. The lowest BCUT2D eigenvalue weighted by atomic mass is 10.0. The van der Waals surface area contributed by atoms with E-state index >= 15 is 0 Å². The van der Waals surface area contributed by atoms with Crippen LogP contribution in [0.15, 0.2) is 0 Å². The van der Waals surface area contributed by atoms with Crippen molar-refractivity contribution in [2.24, 2.45) is 0 Å². The van der Waals surface area contributed by atoms with Crippen LogP contribution >= 0.6 is 11.9 Å². The summed E-state index contributed by atoms with van der Waals surface area (Å²) in [7, 11) is -3.62. The fraction of sp³-hybridized carbons (Fsp3) is 1.00. The van der Waals surface area contributed by atoms with E-state index in [0.29, 0.717) is 16.4 Å². The van der Waals surface area contributed by atoms with Crippen LogP contribution in [-0.4, -0.2) is 81.4 Å². The minimum Gasteiger partial charge on any atom is -0.394 e. The molecule has 1 aliphatic rings. The number of hydrogen-bond donors (Lipinski definition) is 5. The first-order chi connectivity index (χ1) is 8.65. The molecular formula is C7H15NO9S2. The van der Waals surface area contributed by atoms with E-state index in [2.05, 4.69) is 4.28 Å². The van der Waals surface area contributed by atoms with Crippen LogP contribution in [0.5, 0.6) is 0 Å². The third-order valence-corrected chi connectivity index (χ3v) is 3.78. The van der Waals surface area contributed by atoms with E-state index in [-0.39, 0.29) is 0 Å². The molecule has 1 heterocycles. The Kier molecular flexibility index (Phi) is 5.94. The maximum Gasteiger partial charge on any atom is 0.414 e. The van der Waals surface area contributed by atoms with Crippen LogP contribution in [0.3, 0.4) is 0 Å². The van der Waals surface area contributed by atoms with E-state index in [9.17, 15) is 23.7 Å². The van der Waals surface area contributed by atoms with Crippen molar-refractivity contribution in [1.82, 2.24) is 4.47 Å². The summed E-state index contributed by atoms with van der Waals surface area (Å²) < 4.78 is 39.0.